The minimum atomic E-state index is 0.0791. The molecule has 1 fully saturated rings. The highest BCUT2D eigenvalue weighted by molar-refractivity contribution is 8.00. The van der Waals surface area contributed by atoms with Crippen molar-refractivity contribution in [3.05, 3.63) is 33.8 Å². The van der Waals surface area contributed by atoms with E-state index in [4.69, 9.17) is 27.9 Å². The number of ketones is 1. The van der Waals surface area contributed by atoms with Crippen molar-refractivity contribution in [2.45, 2.75) is 5.25 Å². The van der Waals surface area contributed by atoms with Crippen LogP contribution in [0.4, 0.5) is 0 Å². The molecule has 0 radical (unpaired) electrons. The summed E-state index contributed by atoms with van der Waals surface area (Å²) in [6.45, 7) is 1.50. The summed E-state index contributed by atoms with van der Waals surface area (Å²) in [7, 11) is 0. The Balaban J connectivity index is 1.94. The molecule has 0 atom stereocenters. The van der Waals surface area contributed by atoms with Crippen LogP contribution in [0.3, 0.4) is 0 Å². The monoisotopic (exact) mass is 276 g/mol. The van der Waals surface area contributed by atoms with Gasteiger partial charge in [0.1, 0.15) is 0 Å². The van der Waals surface area contributed by atoms with E-state index < -0.39 is 0 Å². The number of carbonyl (C=O) groups is 1. The van der Waals surface area contributed by atoms with E-state index in [1.54, 1.807) is 30.0 Å². The molecular weight excluding hydrogens is 267 g/mol. The summed E-state index contributed by atoms with van der Waals surface area (Å²) in [6.07, 6.45) is 0. The van der Waals surface area contributed by atoms with Gasteiger partial charge in [-0.2, -0.15) is 0 Å². The van der Waals surface area contributed by atoms with Crippen LogP contribution >= 0.6 is 35.0 Å². The molecule has 86 valence electrons. The van der Waals surface area contributed by atoms with E-state index in [9.17, 15) is 4.79 Å². The third kappa shape index (κ3) is 2.92. The molecule has 1 aromatic carbocycles. The second kappa shape index (κ2) is 5.41. The number of Topliss-reactive ketones (excluding diaryl/α,β-unsaturated/α-hetero) is 1. The van der Waals surface area contributed by atoms with Gasteiger partial charge >= 0.3 is 0 Å². The Morgan fingerprint density at radius 3 is 2.69 bits per heavy atom. The van der Waals surface area contributed by atoms with E-state index in [1.165, 1.54) is 0 Å². The number of rotatable bonds is 4. The summed E-state index contributed by atoms with van der Waals surface area (Å²) in [6, 6.07) is 4.96. The summed E-state index contributed by atoms with van der Waals surface area (Å²) in [4.78, 5) is 11.8. The first-order valence-electron chi connectivity index (χ1n) is 4.84. The van der Waals surface area contributed by atoms with Crippen molar-refractivity contribution in [1.29, 1.82) is 0 Å². The topological polar surface area (TPSA) is 26.3 Å². The molecule has 2 rings (SSSR count). The van der Waals surface area contributed by atoms with Gasteiger partial charge in [-0.25, -0.2) is 0 Å². The summed E-state index contributed by atoms with van der Waals surface area (Å²) in [5, 5.41) is 1.36. The molecule has 0 aliphatic carbocycles. The predicted molar refractivity (Wildman–Crippen MR) is 67.9 cm³/mol. The zero-order chi connectivity index (χ0) is 11.5. The maximum Gasteiger partial charge on any atom is 0.172 e. The molecule has 0 N–H and O–H groups in total. The molecule has 1 aliphatic heterocycles. The van der Waals surface area contributed by atoms with Crippen molar-refractivity contribution in [2.24, 2.45) is 0 Å². The Morgan fingerprint density at radius 1 is 1.38 bits per heavy atom. The predicted octanol–water partition coefficient (Wildman–Crippen LogP) is 3.31. The molecule has 1 heterocycles. The molecule has 0 saturated carbocycles. The normalized spacial score (nSPS) is 15.9. The second-order valence-corrected chi connectivity index (χ2v) is 5.63. The standard InChI is InChI=1S/C11H10Cl2O2S/c12-9-2-1-7(3-10(9)13)11(14)6-16-8-4-15-5-8/h1-3,8H,4-6H2. The van der Waals surface area contributed by atoms with Gasteiger partial charge in [-0.1, -0.05) is 23.2 Å². The maximum atomic E-state index is 11.8. The van der Waals surface area contributed by atoms with Crippen LogP contribution in [0.5, 0.6) is 0 Å². The largest absolute Gasteiger partial charge is 0.379 e. The quantitative estimate of drug-likeness (QED) is 0.790. The number of thioether (sulfide) groups is 1. The third-order valence-electron chi connectivity index (χ3n) is 2.30. The first kappa shape index (κ1) is 12.2. The highest BCUT2D eigenvalue weighted by Crippen LogP contribution is 2.24. The van der Waals surface area contributed by atoms with Gasteiger partial charge in [0.15, 0.2) is 5.78 Å². The van der Waals surface area contributed by atoms with E-state index >= 15 is 0 Å². The highest BCUT2D eigenvalue weighted by Gasteiger charge is 2.20. The van der Waals surface area contributed by atoms with Crippen molar-refractivity contribution in [2.75, 3.05) is 19.0 Å². The van der Waals surface area contributed by atoms with Gasteiger partial charge in [0.25, 0.3) is 0 Å². The van der Waals surface area contributed by atoms with Crippen LogP contribution in [0.1, 0.15) is 10.4 Å². The minimum absolute atomic E-state index is 0.0791. The van der Waals surface area contributed by atoms with Gasteiger partial charge in [0, 0.05) is 5.56 Å². The lowest BCUT2D eigenvalue weighted by atomic mass is 10.1. The Bertz CT molecular complexity index is 405. The van der Waals surface area contributed by atoms with E-state index in [2.05, 4.69) is 0 Å². The van der Waals surface area contributed by atoms with Gasteiger partial charge in [-0.3, -0.25) is 4.79 Å². The molecule has 1 aliphatic rings. The first-order valence-corrected chi connectivity index (χ1v) is 6.65. The van der Waals surface area contributed by atoms with Gasteiger partial charge in [-0.05, 0) is 18.2 Å². The average Bonchev–Trinajstić information content (AvgIpc) is 2.19. The molecule has 0 unspecified atom stereocenters. The fraction of sp³-hybridized carbons (Fsp3) is 0.364. The number of hydrogen-bond acceptors (Lipinski definition) is 3. The summed E-state index contributed by atoms with van der Waals surface area (Å²) in [5.74, 6) is 0.543. The lowest BCUT2D eigenvalue weighted by Crippen LogP contribution is -2.31. The Hall–Kier alpha value is -0.220. The van der Waals surface area contributed by atoms with E-state index in [1.807, 2.05) is 0 Å². The number of ether oxygens (including phenoxy) is 1. The van der Waals surface area contributed by atoms with Gasteiger partial charge in [-0.15, -0.1) is 11.8 Å². The number of carbonyl (C=O) groups excluding carboxylic acids is 1. The second-order valence-electron chi connectivity index (χ2n) is 3.52. The van der Waals surface area contributed by atoms with Crippen molar-refractivity contribution in [3.8, 4) is 0 Å². The van der Waals surface area contributed by atoms with Crippen molar-refractivity contribution < 1.29 is 9.53 Å². The molecule has 2 nitrogen and oxygen atoms in total. The summed E-state index contributed by atoms with van der Waals surface area (Å²) in [5.41, 5.74) is 0.613. The molecule has 5 heteroatoms. The lowest BCUT2D eigenvalue weighted by molar-refractivity contribution is 0.0455. The molecule has 16 heavy (non-hydrogen) atoms. The molecule has 1 aromatic rings. The molecule has 0 bridgehead atoms. The number of hydrogen-bond donors (Lipinski definition) is 0. The number of halogens is 2. The van der Waals surface area contributed by atoms with E-state index in [0.29, 0.717) is 26.6 Å². The smallest absolute Gasteiger partial charge is 0.172 e. The molecular formula is C11H10Cl2O2S. The van der Waals surface area contributed by atoms with Crippen LogP contribution in [0.2, 0.25) is 10.0 Å². The zero-order valence-electron chi connectivity index (χ0n) is 8.41. The van der Waals surface area contributed by atoms with Crippen LogP contribution in [-0.4, -0.2) is 30.0 Å². The van der Waals surface area contributed by atoms with Crippen molar-refractivity contribution in [1.82, 2.24) is 0 Å². The molecule has 0 amide bonds. The van der Waals surface area contributed by atoms with Crippen LogP contribution in [-0.2, 0) is 4.74 Å². The molecule has 0 spiro atoms. The minimum Gasteiger partial charge on any atom is -0.379 e. The third-order valence-corrected chi connectivity index (χ3v) is 4.21. The van der Waals surface area contributed by atoms with Crippen LogP contribution < -0.4 is 0 Å². The Kier molecular flexibility index (Phi) is 4.14. The Morgan fingerprint density at radius 2 is 2.12 bits per heavy atom. The van der Waals surface area contributed by atoms with Crippen LogP contribution in [0, 0.1) is 0 Å². The zero-order valence-corrected chi connectivity index (χ0v) is 10.7. The molecule has 1 saturated heterocycles. The van der Waals surface area contributed by atoms with Crippen molar-refractivity contribution >= 4 is 40.7 Å². The summed E-state index contributed by atoms with van der Waals surface area (Å²) < 4.78 is 5.04. The van der Waals surface area contributed by atoms with Crippen LogP contribution in [0.15, 0.2) is 18.2 Å². The number of benzene rings is 1. The average molecular weight is 277 g/mol. The Labute approximate surface area is 108 Å². The fourth-order valence-electron chi connectivity index (χ4n) is 1.26. The maximum absolute atomic E-state index is 11.8. The first-order chi connectivity index (χ1) is 7.66. The summed E-state index contributed by atoms with van der Waals surface area (Å²) >= 11 is 13.3. The van der Waals surface area contributed by atoms with Gasteiger partial charge in [0.05, 0.1) is 34.3 Å². The van der Waals surface area contributed by atoms with Crippen LogP contribution in [0.25, 0.3) is 0 Å². The molecule has 0 aromatic heterocycles. The van der Waals surface area contributed by atoms with Gasteiger partial charge < -0.3 is 4.74 Å². The van der Waals surface area contributed by atoms with E-state index in [0.717, 1.165) is 13.2 Å². The lowest BCUT2D eigenvalue weighted by Gasteiger charge is -2.24. The fourth-order valence-corrected chi connectivity index (χ4v) is 2.49. The van der Waals surface area contributed by atoms with E-state index in [-0.39, 0.29) is 5.78 Å². The SMILES string of the molecule is O=C(CSC1COC1)c1ccc(Cl)c(Cl)c1. The van der Waals surface area contributed by atoms with Crippen molar-refractivity contribution in [3.63, 3.8) is 0 Å². The highest BCUT2D eigenvalue weighted by atomic mass is 35.5. The van der Waals surface area contributed by atoms with Gasteiger partial charge in [0.2, 0.25) is 0 Å².